The smallest absolute Gasteiger partial charge is 0.251 e. The van der Waals surface area contributed by atoms with Gasteiger partial charge in [-0.3, -0.25) is 4.79 Å². The third-order valence-corrected chi connectivity index (χ3v) is 5.37. The van der Waals surface area contributed by atoms with Crippen molar-refractivity contribution >= 4 is 11.6 Å². The van der Waals surface area contributed by atoms with Crippen molar-refractivity contribution in [1.29, 1.82) is 0 Å². The molecule has 0 radical (unpaired) electrons. The van der Waals surface area contributed by atoms with Gasteiger partial charge in [-0.15, -0.1) is 0 Å². The van der Waals surface area contributed by atoms with Gasteiger partial charge >= 0.3 is 0 Å². The van der Waals surface area contributed by atoms with E-state index in [1.54, 1.807) is 6.20 Å². The number of piperidine rings is 1. The third kappa shape index (κ3) is 3.55. The second-order valence-corrected chi connectivity index (χ2v) is 7.28. The van der Waals surface area contributed by atoms with Crippen LogP contribution in [0.5, 0.6) is 0 Å². The highest BCUT2D eigenvalue weighted by atomic mass is 16.1. The van der Waals surface area contributed by atoms with E-state index in [4.69, 9.17) is 0 Å². The third-order valence-electron chi connectivity index (χ3n) is 5.37. The maximum absolute atomic E-state index is 12.7. The van der Waals surface area contributed by atoms with E-state index in [0.717, 1.165) is 37.3 Å². The van der Waals surface area contributed by atoms with Gasteiger partial charge in [-0.1, -0.05) is 0 Å². The minimum atomic E-state index is -0.00917. The number of carbonyl (C=O) groups excluding carboxylic acids is 1. The lowest BCUT2D eigenvalue weighted by Crippen LogP contribution is -2.32. The van der Waals surface area contributed by atoms with Crippen molar-refractivity contribution in [2.24, 2.45) is 13.0 Å². The molecule has 0 spiro atoms. The predicted octanol–water partition coefficient (Wildman–Crippen LogP) is 3.29. The maximum atomic E-state index is 12.7. The number of imidazole rings is 1. The molecule has 25 heavy (non-hydrogen) atoms. The average Bonchev–Trinajstić information content (AvgIpc) is 3.41. The molecule has 1 aliphatic heterocycles. The largest absolute Gasteiger partial charge is 0.372 e. The number of nitrogens with zero attached hydrogens (tertiary/aromatic N) is 3. The molecule has 1 aromatic heterocycles. The molecule has 2 fully saturated rings. The fraction of sp³-hybridized carbons (Fsp3) is 0.500. The number of benzene rings is 1. The van der Waals surface area contributed by atoms with Crippen LogP contribution in [0.4, 0.5) is 5.69 Å². The van der Waals surface area contributed by atoms with Gasteiger partial charge in [0.2, 0.25) is 0 Å². The quantitative estimate of drug-likeness (QED) is 0.910. The Labute approximate surface area is 149 Å². The second kappa shape index (κ2) is 6.90. The fourth-order valence-electron chi connectivity index (χ4n) is 3.70. The number of hydrogen-bond donors (Lipinski definition) is 1. The molecule has 2 heterocycles. The Bertz CT molecular complexity index is 726. The first kappa shape index (κ1) is 16.2. The van der Waals surface area contributed by atoms with E-state index in [-0.39, 0.29) is 11.9 Å². The zero-order chi connectivity index (χ0) is 17.2. The van der Waals surface area contributed by atoms with Gasteiger partial charge in [0.15, 0.2) is 0 Å². The highest BCUT2D eigenvalue weighted by molar-refractivity contribution is 5.94. The average molecular weight is 338 g/mol. The van der Waals surface area contributed by atoms with Gasteiger partial charge in [0.1, 0.15) is 5.82 Å². The van der Waals surface area contributed by atoms with E-state index < -0.39 is 0 Å². The molecule has 0 bridgehead atoms. The van der Waals surface area contributed by atoms with Crippen LogP contribution in [-0.4, -0.2) is 28.5 Å². The molecule has 1 saturated heterocycles. The zero-order valence-corrected chi connectivity index (χ0v) is 14.8. The van der Waals surface area contributed by atoms with Gasteiger partial charge in [0.05, 0.1) is 6.04 Å². The van der Waals surface area contributed by atoms with Crippen LogP contribution in [0.15, 0.2) is 36.7 Å². The Morgan fingerprint density at radius 2 is 1.88 bits per heavy atom. The van der Waals surface area contributed by atoms with Gasteiger partial charge in [0.25, 0.3) is 5.91 Å². The summed E-state index contributed by atoms with van der Waals surface area (Å²) < 4.78 is 2.00. The molecule has 1 aliphatic carbocycles. The molecule has 1 aromatic carbocycles. The summed E-state index contributed by atoms with van der Waals surface area (Å²) in [5.74, 6) is 1.45. The van der Waals surface area contributed by atoms with E-state index in [1.807, 2.05) is 29.9 Å². The summed E-state index contributed by atoms with van der Waals surface area (Å²) in [6, 6.07) is 8.05. The summed E-state index contributed by atoms with van der Waals surface area (Å²) in [4.78, 5) is 19.6. The Morgan fingerprint density at radius 3 is 2.48 bits per heavy atom. The molecule has 1 saturated carbocycles. The van der Waals surface area contributed by atoms with Crippen LogP contribution >= 0.6 is 0 Å². The van der Waals surface area contributed by atoms with Gasteiger partial charge in [-0.25, -0.2) is 4.98 Å². The van der Waals surface area contributed by atoms with Crippen molar-refractivity contribution in [3.63, 3.8) is 0 Å². The lowest BCUT2D eigenvalue weighted by molar-refractivity contribution is 0.0929. The van der Waals surface area contributed by atoms with Gasteiger partial charge in [-0.2, -0.15) is 0 Å². The van der Waals surface area contributed by atoms with Crippen LogP contribution in [0.1, 0.15) is 54.3 Å². The van der Waals surface area contributed by atoms with E-state index >= 15 is 0 Å². The van der Waals surface area contributed by atoms with Crippen molar-refractivity contribution < 1.29 is 4.79 Å². The van der Waals surface area contributed by atoms with E-state index in [2.05, 4.69) is 27.3 Å². The van der Waals surface area contributed by atoms with Crippen molar-refractivity contribution in [2.75, 3.05) is 18.0 Å². The van der Waals surface area contributed by atoms with Gasteiger partial charge in [-0.05, 0) is 62.3 Å². The first-order chi connectivity index (χ1) is 12.2. The molecule has 1 amide bonds. The molecule has 5 heteroatoms. The van der Waals surface area contributed by atoms with Crippen molar-refractivity contribution in [3.05, 3.63) is 48.0 Å². The number of amides is 1. The molecular weight excluding hydrogens is 312 g/mol. The van der Waals surface area contributed by atoms with Crippen LogP contribution < -0.4 is 10.2 Å². The van der Waals surface area contributed by atoms with Crippen LogP contribution in [0.2, 0.25) is 0 Å². The number of anilines is 1. The minimum absolute atomic E-state index is 0.00858. The van der Waals surface area contributed by atoms with Crippen molar-refractivity contribution in [3.8, 4) is 0 Å². The number of rotatable bonds is 5. The normalized spacial score (nSPS) is 18.8. The lowest BCUT2D eigenvalue weighted by atomic mass is 10.1. The molecule has 0 unspecified atom stereocenters. The van der Waals surface area contributed by atoms with Gasteiger partial charge in [0, 0.05) is 43.8 Å². The topological polar surface area (TPSA) is 50.2 Å². The number of nitrogens with one attached hydrogen (secondary N) is 1. The summed E-state index contributed by atoms with van der Waals surface area (Å²) in [6.07, 6.45) is 9.89. The summed E-state index contributed by atoms with van der Waals surface area (Å²) >= 11 is 0. The van der Waals surface area contributed by atoms with Crippen molar-refractivity contribution in [1.82, 2.24) is 14.9 Å². The Hall–Kier alpha value is -2.30. The number of aryl methyl sites for hydroxylation is 1. The Morgan fingerprint density at radius 1 is 1.16 bits per heavy atom. The van der Waals surface area contributed by atoms with Crippen LogP contribution in [0, 0.1) is 5.92 Å². The predicted molar refractivity (Wildman–Crippen MR) is 98.6 cm³/mol. The van der Waals surface area contributed by atoms with E-state index in [1.165, 1.54) is 24.9 Å². The number of aromatic nitrogens is 2. The molecule has 2 aromatic rings. The minimum Gasteiger partial charge on any atom is -0.372 e. The molecule has 132 valence electrons. The summed E-state index contributed by atoms with van der Waals surface area (Å²) in [5.41, 5.74) is 1.94. The van der Waals surface area contributed by atoms with E-state index in [0.29, 0.717) is 5.92 Å². The zero-order valence-electron chi connectivity index (χ0n) is 14.8. The highest BCUT2D eigenvalue weighted by Crippen LogP contribution is 2.40. The standard InChI is InChI=1S/C20H26N4O/c1-23-14-11-21-19(23)18(15-5-6-15)22-20(25)16-7-9-17(10-8-16)24-12-3-2-4-13-24/h7-11,14-15,18H,2-6,12-13H2,1H3,(H,22,25)/t18-/m0/s1. The lowest BCUT2D eigenvalue weighted by Gasteiger charge is -2.28. The second-order valence-electron chi connectivity index (χ2n) is 7.28. The summed E-state index contributed by atoms with van der Waals surface area (Å²) in [6.45, 7) is 2.24. The number of carbonyl (C=O) groups is 1. The highest BCUT2D eigenvalue weighted by Gasteiger charge is 2.35. The van der Waals surface area contributed by atoms with Crippen molar-refractivity contribution in [2.45, 2.75) is 38.1 Å². The summed E-state index contributed by atoms with van der Waals surface area (Å²) in [5, 5.41) is 3.20. The first-order valence-electron chi connectivity index (χ1n) is 9.35. The summed E-state index contributed by atoms with van der Waals surface area (Å²) in [7, 11) is 1.98. The van der Waals surface area contributed by atoms with Crippen LogP contribution in [0.3, 0.4) is 0 Å². The monoisotopic (exact) mass is 338 g/mol. The van der Waals surface area contributed by atoms with Gasteiger partial charge < -0.3 is 14.8 Å². The maximum Gasteiger partial charge on any atom is 0.251 e. The fourth-order valence-corrected chi connectivity index (χ4v) is 3.70. The first-order valence-corrected chi connectivity index (χ1v) is 9.35. The number of hydrogen-bond acceptors (Lipinski definition) is 3. The van der Waals surface area contributed by atoms with Crippen LogP contribution in [0.25, 0.3) is 0 Å². The molecule has 2 aliphatic rings. The molecule has 1 N–H and O–H groups in total. The molecule has 1 atom stereocenters. The molecule has 4 rings (SSSR count). The Kier molecular flexibility index (Phi) is 4.47. The Balaban J connectivity index is 1.45. The van der Waals surface area contributed by atoms with E-state index in [9.17, 15) is 4.79 Å². The SMILES string of the molecule is Cn1ccnc1[C@@H](NC(=O)c1ccc(N2CCCCC2)cc1)C1CC1. The molecular formula is C20H26N4O. The van der Waals surface area contributed by atoms with Crippen LogP contribution in [-0.2, 0) is 7.05 Å². The molecule has 5 nitrogen and oxygen atoms in total.